The van der Waals surface area contributed by atoms with E-state index in [4.69, 9.17) is 4.99 Å². The summed E-state index contributed by atoms with van der Waals surface area (Å²) in [4.78, 5) is 46.1. The number of rotatable bonds is 9. The number of allylic oxidation sites excluding steroid dienone is 1. The maximum Gasteiger partial charge on any atom is 0.310 e. The van der Waals surface area contributed by atoms with Gasteiger partial charge in [0.15, 0.2) is 0 Å². The largest absolute Gasteiger partial charge is 0.481 e. The minimum Gasteiger partial charge on any atom is -0.481 e. The molecule has 2 amide bonds. The molecular formula is C29H41N3O4. The molecule has 2 N–H and O–H groups in total. The molecule has 0 aromatic heterocycles. The number of fused-ring (bicyclic) bond motifs is 1. The molecule has 1 saturated carbocycles. The zero-order chi connectivity index (χ0) is 26.5. The molecule has 1 fully saturated rings. The summed E-state index contributed by atoms with van der Waals surface area (Å²) in [6.07, 6.45) is 7.56. The van der Waals surface area contributed by atoms with E-state index in [-0.39, 0.29) is 24.2 Å². The third kappa shape index (κ3) is 5.88. The minimum atomic E-state index is -1.34. The normalized spacial score (nSPS) is 21.5. The van der Waals surface area contributed by atoms with E-state index in [1.807, 2.05) is 38.1 Å². The molecule has 196 valence electrons. The van der Waals surface area contributed by atoms with Gasteiger partial charge in [-0.15, -0.1) is 6.58 Å². The van der Waals surface area contributed by atoms with Crippen LogP contribution in [0.25, 0.3) is 0 Å². The van der Waals surface area contributed by atoms with Crippen LogP contribution in [0.2, 0.25) is 0 Å². The molecule has 0 spiro atoms. The van der Waals surface area contributed by atoms with Crippen LogP contribution in [0.4, 0.5) is 5.69 Å². The lowest BCUT2D eigenvalue weighted by Crippen LogP contribution is -2.52. The number of benzene rings is 1. The Kier molecular flexibility index (Phi) is 9.09. The Bertz CT molecular complexity index is 1010. The summed E-state index contributed by atoms with van der Waals surface area (Å²) in [5.41, 5.74) is 1.23. The first-order chi connectivity index (χ1) is 17.1. The fourth-order valence-corrected chi connectivity index (χ4v) is 5.56. The maximum atomic E-state index is 13.7. The van der Waals surface area contributed by atoms with Gasteiger partial charge in [-0.25, -0.2) is 0 Å². The number of carboxylic acid groups (broad SMARTS) is 1. The highest BCUT2D eigenvalue weighted by Gasteiger charge is 2.46. The van der Waals surface area contributed by atoms with Gasteiger partial charge in [-0.05, 0) is 44.6 Å². The number of nitrogens with zero attached hydrogens (tertiary/aromatic N) is 2. The zero-order valence-corrected chi connectivity index (χ0v) is 22.1. The number of hydrogen-bond acceptors (Lipinski definition) is 4. The number of carbonyl (C=O) groups is 3. The van der Waals surface area contributed by atoms with Crippen molar-refractivity contribution in [2.24, 2.45) is 28.2 Å². The van der Waals surface area contributed by atoms with Crippen molar-refractivity contribution in [3.8, 4) is 0 Å². The predicted molar refractivity (Wildman–Crippen MR) is 143 cm³/mol. The van der Waals surface area contributed by atoms with E-state index in [9.17, 15) is 19.5 Å². The standard InChI is InChI=1S/C29H41N3O4/c1-6-17-29(4,28(35)36)22(18-19(2)3)26(33)31-25-27(34)32(5)23-16-12-11-15-21(23)24(30-25)20-13-9-7-8-10-14-20/h6,11-12,15-16,19-20,22,25H,1,7-10,13-14,17-18H2,2-5H3,(H,31,33)(H,35,36)/t22-,25?,29+/m0/s1. The van der Waals surface area contributed by atoms with Gasteiger partial charge in [0.1, 0.15) is 0 Å². The Labute approximate surface area is 215 Å². The summed E-state index contributed by atoms with van der Waals surface area (Å²) in [6, 6.07) is 7.77. The fourth-order valence-electron chi connectivity index (χ4n) is 5.56. The van der Waals surface area contributed by atoms with Crippen molar-refractivity contribution in [3.63, 3.8) is 0 Å². The fraction of sp³-hybridized carbons (Fsp3) is 0.586. The van der Waals surface area contributed by atoms with E-state index in [1.54, 1.807) is 18.9 Å². The van der Waals surface area contributed by atoms with Crippen LogP contribution < -0.4 is 10.2 Å². The van der Waals surface area contributed by atoms with E-state index in [0.29, 0.717) is 6.42 Å². The van der Waals surface area contributed by atoms with Crippen LogP contribution in [-0.4, -0.2) is 41.8 Å². The van der Waals surface area contributed by atoms with Gasteiger partial charge in [0.25, 0.3) is 5.91 Å². The quantitative estimate of drug-likeness (QED) is 0.364. The van der Waals surface area contributed by atoms with E-state index in [1.165, 1.54) is 18.9 Å². The number of aliphatic carboxylic acids is 1. The highest BCUT2D eigenvalue weighted by molar-refractivity contribution is 6.14. The number of nitrogens with one attached hydrogen (secondary N) is 1. The van der Waals surface area contributed by atoms with Crippen LogP contribution in [0.1, 0.15) is 77.7 Å². The molecular weight excluding hydrogens is 454 g/mol. The van der Waals surface area contributed by atoms with E-state index in [2.05, 4.69) is 11.9 Å². The van der Waals surface area contributed by atoms with Gasteiger partial charge in [0.2, 0.25) is 12.1 Å². The summed E-state index contributed by atoms with van der Waals surface area (Å²) < 4.78 is 0. The monoisotopic (exact) mass is 495 g/mol. The van der Waals surface area contributed by atoms with Crippen molar-refractivity contribution in [3.05, 3.63) is 42.5 Å². The van der Waals surface area contributed by atoms with Gasteiger partial charge in [0.05, 0.1) is 22.7 Å². The zero-order valence-electron chi connectivity index (χ0n) is 22.1. The van der Waals surface area contributed by atoms with E-state index >= 15 is 0 Å². The Balaban J connectivity index is 2.02. The number of hydrogen-bond donors (Lipinski definition) is 2. The molecule has 7 heteroatoms. The average molecular weight is 496 g/mol. The summed E-state index contributed by atoms with van der Waals surface area (Å²) in [5.74, 6) is -2.38. The molecule has 3 atom stereocenters. The van der Waals surface area contributed by atoms with Crippen LogP contribution >= 0.6 is 0 Å². The molecule has 1 unspecified atom stereocenters. The second-order valence-corrected chi connectivity index (χ2v) is 10.9. The summed E-state index contributed by atoms with van der Waals surface area (Å²) in [5, 5.41) is 12.9. The first-order valence-corrected chi connectivity index (χ1v) is 13.2. The third-order valence-electron chi connectivity index (χ3n) is 7.74. The Morgan fingerprint density at radius 3 is 2.44 bits per heavy atom. The van der Waals surface area contributed by atoms with Gasteiger partial charge < -0.3 is 15.3 Å². The minimum absolute atomic E-state index is 0.0889. The van der Waals surface area contributed by atoms with Crippen LogP contribution in [0.5, 0.6) is 0 Å². The van der Waals surface area contributed by atoms with Crippen molar-refractivity contribution >= 4 is 29.2 Å². The Morgan fingerprint density at radius 2 is 1.86 bits per heavy atom. The lowest BCUT2D eigenvalue weighted by atomic mass is 9.70. The van der Waals surface area contributed by atoms with Gasteiger partial charge in [0, 0.05) is 18.5 Å². The smallest absolute Gasteiger partial charge is 0.310 e. The molecule has 1 aliphatic heterocycles. The first-order valence-electron chi connectivity index (χ1n) is 13.2. The van der Waals surface area contributed by atoms with Gasteiger partial charge in [-0.2, -0.15) is 0 Å². The first kappa shape index (κ1) is 27.6. The number of amides is 2. The van der Waals surface area contributed by atoms with Crippen molar-refractivity contribution < 1.29 is 19.5 Å². The van der Waals surface area contributed by atoms with Crippen LogP contribution in [0, 0.1) is 23.2 Å². The number of anilines is 1. The highest BCUT2D eigenvalue weighted by atomic mass is 16.4. The second kappa shape index (κ2) is 11.8. The molecule has 3 rings (SSSR count). The molecule has 0 radical (unpaired) electrons. The summed E-state index contributed by atoms with van der Waals surface area (Å²) >= 11 is 0. The highest BCUT2D eigenvalue weighted by Crippen LogP contribution is 2.37. The molecule has 0 bridgehead atoms. The van der Waals surface area contributed by atoms with Crippen molar-refractivity contribution in [1.82, 2.24) is 5.32 Å². The molecule has 7 nitrogen and oxygen atoms in total. The molecule has 1 aliphatic carbocycles. The molecule has 1 aromatic carbocycles. The van der Waals surface area contributed by atoms with Gasteiger partial charge in [-0.3, -0.25) is 19.4 Å². The van der Waals surface area contributed by atoms with Crippen molar-refractivity contribution in [1.29, 1.82) is 0 Å². The molecule has 2 aliphatic rings. The van der Waals surface area contributed by atoms with Crippen LogP contribution in [0.15, 0.2) is 41.9 Å². The number of likely N-dealkylation sites (N-methyl/N-ethyl adjacent to an activating group) is 1. The van der Waals surface area contributed by atoms with Crippen molar-refractivity contribution in [2.45, 2.75) is 78.3 Å². The van der Waals surface area contributed by atoms with E-state index in [0.717, 1.165) is 42.6 Å². The van der Waals surface area contributed by atoms with Crippen LogP contribution in [0.3, 0.4) is 0 Å². The lowest BCUT2D eigenvalue weighted by Gasteiger charge is -2.34. The average Bonchev–Trinajstić information content (AvgIpc) is 3.17. The van der Waals surface area contributed by atoms with Crippen molar-refractivity contribution in [2.75, 3.05) is 11.9 Å². The Morgan fingerprint density at radius 1 is 1.22 bits per heavy atom. The van der Waals surface area contributed by atoms with Gasteiger partial charge in [-0.1, -0.05) is 63.8 Å². The number of carbonyl (C=O) groups excluding carboxylic acids is 2. The summed E-state index contributed by atoms with van der Waals surface area (Å²) in [6.45, 7) is 9.21. The van der Waals surface area contributed by atoms with E-state index < -0.39 is 29.4 Å². The van der Waals surface area contributed by atoms with Crippen LogP contribution in [-0.2, 0) is 14.4 Å². The maximum absolute atomic E-state index is 13.7. The number of para-hydroxylation sites is 1. The number of aliphatic imine (C=N–C) groups is 1. The molecule has 0 saturated heterocycles. The SMILES string of the molecule is C=CC[C@@](C)(C(=O)O)[C@@H](CC(C)C)C(=O)NC1N=C(C2CCCCCC2)c2ccccc2N(C)C1=O. The third-order valence-corrected chi connectivity index (χ3v) is 7.74. The lowest BCUT2D eigenvalue weighted by molar-refractivity contribution is -0.156. The summed E-state index contributed by atoms with van der Waals surface area (Å²) in [7, 11) is 1.70. The van der Waals surface area contributed by atoms with Gasteiger partial charge >= 0.3 is 5.97 Å². The topological polar surface area (TPSA) is 99.1 Å². The molecule has 36 heavy (non-hydrogen) atoms. The predicted octanol–water partition coefficient (Wildman–Crippen LogP) is 5.19. The molecule has 1 aromatic rings. The Hall–Kier alpha value is -2.96. The second-order valence-electron chi connectivity index (χ2n) is 10.9. The number of carboxylic acids is 1. The number of benzodiazepines with no additional fused rings is 1. The molecule has 1 heterocycles.